The van der Waals surface area contributed by atoms with Crippen molar-refractivity contribution in [1.29, 1.82) is 0 Å². The molecule has 1 N–H and O–H groups in total. The molecule has 1 atom stereocenters. The summed E-state index contributed by atoms with van der Waals surface area (Å²) in [7, 11) is 1.60. The van der Waals surface area contributed by atoms with Crippen LogP contribution in [0.2, 0.25) is 0 Å². The molecular weight excluding hydrogens is 377 g/mol. The maximum absolute atomic E-state index is 13.8. The number of hydrogen-bond acceptors (Lipinski definition) is 5. The van der Waals surface area contributed by atoms with Crippen LogP contribution in [0.15, 0.2) is 46.9 Å². The summed E-state index contributed by atoms with van der Waals surface area (Å²) in [4.78, 5) is 24.6. The Labute approximate surface area is 167 Å². The fourth-order valence-electron chi connectivity index (χ4n) is 2.94. The first kappa shape index (κ1) is 20.4. The number of nitrogens with one attached hydrogen (secondary N) is 1. The van der Waals surface area contributed by atoms with Crippen molar-refractivity contribution >= 4 is 22.8 Å². The molecule has 0 unspecified atom stereocenters. The molecule has 0 fully saturated rings. The number of rotatable bonds is 7. The summed E-state index contributed by atoms with van der Waals surface area (Å²) in [6.07, 6.45) is -0.394. The lowest BCUT2D eigenvalue weighted by atomic mass is 10.1. The number of halogens is 1. The summed E-state index contributed by atoms with van der Waals surface area (Å²) in [5, 5.41) is 3.22. The number of fused-ring (bicyclic) bond motifs is 1. The molecule has 6 nitrogen and oxygen atoms in total. The van der Waals surface area contributed by atoms with Crippen molar-refractivity contribution in [3.63, 3.8) is 0 Å². The number of hydrogen-bond donors (Lipinski definition) is 1. The highest BCUT2D eigenvalue weighted by molar-refractivity contribution is 5.97. The van der Waals surface area contributed by atoms with Gasteiger partial charge in [-0.3, -0.25) is 4.79 Å². The van der Waals surface area contributed by atoms with Gasteiger partial charge in [-0.25, -0.2) is 9.18 Å². The van der Waals surface area contributed by atoms with Gasteiger partial charge in [0.25, 0.3) is 5.91 Å². The monoisotopic (exact) mass is 399 g/mol. The van der Waals surface area contributed by atoms with Crippen molar-refractivity contribution in [2.24, 2.45) is 0 Å². The molecule has 0 aliphatic heterocycles. The average molecular weight is 399 g/mol. The topological polar surface area (TPSA) is 77.8 Å². The fraction of sp³-hybridized carbons (Fsp3) is 0.273. The Morgan fingerprint density at radius 3 is 2.55 bits per heavy atom. The molecule has 1 amide bonds. The first-order valence-corrected chi connectivity index (χ1v) is 9.20. The second-order valence-corrected chi connectivity index (χ2v) is 6.61. The molecule has 0 bridgehead atoms. The molecule has 152 valence electrons. The lowest BCUT2D eigenvalue weighted by Crippen LogP contribution is -2.36. The van der Waals surface area contributed by atoms with Gasteiger partial charge < -0.3 is 19.2 Å². The molecule has 2 aromatic carbocycles. The lowest BCUT2D eigenvalue weighted by molar-refractivity contribution is -0.129. The van der Waals surface area contributed by atoms with E-state index in [9.17, 15) is 14.0 Å². The number of carbonyl (C=O) groups is 2. The second kappa shape index (κ2) is 8.77. The molecule has 29 heavy (non-hydrogen) atoms. The van der Waals surface area contributed by atoms with Crippen molar-refractivity contribution in [2.45, 2.75) is 26.4 Å². The van der Waals surface area contributed by atoms with Crippen molar-refractivity contribution < 1.29 is 27.9 Å². The first-order valence-electron chi connectivity index (χ1n) is 9.20. The number of esters is 1. The Bertz CT molecular complexity index is 1030. The van der Waals surface area contributed by atoms with E-state index in [2.05, 4.69) is 5.32 Å². The molecule has 1 heterocycles. The van der Waals surface area contributed by atoms with E-state index in [1.165, 1.54) is 19.1 Å². The Kier molecular flexibility index (Phi) is 6.16. The number of amides is 1. The van der Waals surface area contributed by atoms with Crippen LogP contribution in [0.1, 0.15) is 28.6 Å². The molecule has 0 spiro atoms. The fourth-order valence-corrected chi connectivity index (χ4v) is 2.94. The van der Waals surface area contributed by atoms with Gasteiger partial charge in [0.1, 0.15) is 5.75 Å². The molecule has 1 aromatic heterocycles. The Morgan fingerprint density at radius 1 is 1.17 bits per heavy atom. The third-order valence-corrected chi connectivity index (χ3v) is 4.63. The standard InChI is InChI=1S/C22H22FNO5/c1-13-17-5-4-6-18(23)20(17)29-19(13)22(26)28-14(2)21(25)24-12-11-15-7-9-16(27-3)10-8-15/h4-10,14H,11-12H2,1-3H3,(H,24,25)/t14-/m1/s1. The highest BCUT2D eigenvalue weighted by Crippen LogP contribution is 2.27. The second-order valence-electron chi connectivity index (χ2n) is 6.61. The van der Waals surface area contributed by atoms with E-state index in [0.717, 1.165) is 11.3 Å². The number of benzene rings is 2. The van der Waals surface area contributed by atoms with Crippen LogP contribution in [0.4, 0.5) is 4.39 Å². The van der Waals surface area contributed by atoms with Gasteiger partial charge in [-0.05, 0) is 44.0 Å². The predicted octanol–water partition coefficient (Wildman–Crippen LogP) is 3.79. The van der Waals surface area contributed by atoms with Crippen LogP contribution in [-0.2, 0) is 16.0 Å². The zero-order valence-corrected chi connectivity index (χ0v) is 16.5. The third-order valence-electron chi connectivity index (χ3n) is 4.63. The van der Waals surface area contributed by atoms with Crippen LogP contribution in [0, 0.1) is 12.7 Å². The van der Waals surface area contributed by atoms with Crippen molar-refractivity contribution in [3.8, 4) is 5.75 Å². The van der Waals surface area contributed by atoms with Crippen molar-refractivity contribution in [3.05, 3.63) is 65.2 Å². The van der Waals surface area contributed by atoms with Crippen LogP contribution < -0.4 is 10.1 Å². The Hall–Kier alpha value is -3.35. The molecule has 0 saturated heterocycles. The van der Waals surface area contributed by atoms with Gasteiger partial charge >= 0.3 is 5.97 Å². The van der Waals surface area contributed by atoms with Crippen LogP contribution >= 0.6 is 0 Å². The quantitative estimate of drug-likeness (QED) is 0.612. The number of carbonyl (C=O) groups excluding carboxylic acids is 2. The highest BCUT2D eigenvalue weighted by atomic mass is 19.1. The Morgan fingerprint density at radius 2 is 1.90 bits per heavy atom. The maximum Gasteiger partial charge on any atom is 0.375 e. The summed E-state index contributed by atoms with van der Waals surface area (Å²) in [5.74, 6) is -1.14. The van der Waals surface area contributed by atoms with E-state index in [-0.39, 0.29) is 11.3 Å². The number of aryl methyl sites for hydroxylation is 1. The molecule has 0 saturated carbocycles. The van der Waals surface area contributed by atoms with Crippen LogP contribution in [0.5, 0.6) is 5.75 Å². The number of para-hydroxylation sites is 1. The van der Waals surface area contributed by atoms with Crippen LogP contribution in [-0.4, -0.2) is 31.6 Å². The van der Waals surface area contributed by atoms with Gasteiger partial charge in [0.15, 0.2) is 17.5 Å². The predicted molar refractivity (Wildman–Crippen MR) is 105 cm³/mol. The van der Waals surface area contributed by atoms with Gasteiger partial charge in [-0.1, -0.05) is 24.3 Å². The van der Waals surface area contributed by atoms with Crippen molar-refractivity contribution in [1.82, 2.24) is 5.32 Å². The Balaban J connectivity index is 1.55. The smallest absolute Gasteiger partial charge is 0.375 e. The van der Waals surface area contributed by atoms with Gasteiger partial charge in [0.2, 0.25) is 5.76 Å². The summed E-state index contributed by atoms with van der Waals surface area (Å²) in [6.45, 7) is 3.50. The first-order chi connectivity index (χ1) is 13.9. The summed E-state index contributed by atoms with van der Waals surface area (Å²) in [5.41, 5.74) is 1.50. The van der Waals surface area contributed by atoms with Crippen molar-refractivity contribution in [2.75, 3.05) is 13.7 Å². The van der Waals surface area contributed by atoms with E-state index >= 15 is 0 Å². The summed E-state index contributed by atoms with van der Waals surface area (Å²) in [6, 6.07) is 12.0. The SMILES string of the molecule is COc1ccc(CCNC(=O)[C@@H](C)OC(=O)c2oc3c(F)cccc3c2C)cc1. The van der Waals surface area contributed by atoms with Gasteiger partial charge in [-0.15, -0.1) is 0 Å². The van der Waals surface area contributed by atoms with Gasteiger partial charge in [-0.2, -0.15) is 0 Å². The average Bonchev–Trinajstić information content (AvgIpc) is 3.06. The molecule has 7 heteroatoms. The molecule has 0 radical (unpaired) electrons. The molecule has 0 aliphatic carbocycles. The zero-order valence-electron chi connectivity index (χ0n) is 16.5. The molecule has 3 aromatic rings. The minimum absolute atomic E-state index is 0.00598. The normalized spacial score (nSPS) is 11.9. The molecule has 0 aliphatic rings. The van der Waals surface area contributed by atoms with Crippen LogP contribution in [0.25, 0.3) is 11.0 Å². The van der Waals surface area contributed by atoms with Gasteiger partial charge in [0.05, 0.1) is 7.11 Å². The molecule has 3 rings (SSSR count). The lowest BCUT2D eigenvalue weighted by Gasteiger charge is -2.13. The third kappa shape index (κ3) is 4.56. The number of furan rings is 1. The summed E-state index contributed by atoms with van der Waals surface area (Å²) < 4.78 is 29.5. The summed E-state index contributed by atoms with van der Waals surface area (Å²) >= 11 is 0. The van der Waals surface area contributed by atoms with E-state index in [1.807, 2.05) is 24.3 Å². The van der Waals surface area contributed by atoms with E-state index < -0.39 is 23.8 Å². The highest BCUT2D eigenvalue weighted by Gasteiger charge is 2.24. The van der Waals surface area contributed by atoms with E-state index in [4.69, 9.17) is 13.9 Å². The minimum Gasteiger partial charge on any atom is -0.497 e. The van der Waals surface area contributed by atoms with Gasteiger partial charge in [0, 0.05) is 17.5 Å². The zero-order chi connectivity index (χ0) is 21.0. The minimum atomic E-state index is -1.02. The maximum atomic E-state index is 13.8. The van der Waals surface area contributed by atoms with E-state index in [1.54, 1.807) is 20.1 Å². The largest absolute Gasteiger partial charge is 0.497 e. The van der Waals surface area contributed by atoms with Crippen LogP contribution in [0.3, 0.4) is 0 Å². The number of methoxy groups -OCH3 is 1. The number of ether oxygens (including phenoxy) is 2. The van der Waals surface area contributed by atoms with E-state index in [0.29, 0.717) is 23.9 Å². The molecular formula is C22H22FNO5.